The molecule has 12 rings (SSSR count). The van der Waals surface area contributed by atoms with E-state index in [2.05, 4.69) is 45.1 Å². The monoisotopic (exact) mass is 1070 g/mol. The van der Waals surface area contributed by atoms with Crippen LogP contribution in [0.15, 0.2) is 86.2 Å². The number of piperidine rings is 6. The van der Waals surface area contributed by atoms with E-state index in [4.69, 9.17) is 37.9 Å². The van der Waals surface area contributed by atoms with Crippen molar-refractivity contribution >= 4 is 45.7 Å². The van der Waals surface area contributed by atoms with Gasteiger partial charge in [0, 0.05) is 47.4 Å². The molecule has 2 aromatic carbocycles. The molecule has 3 unspecified atom stereocenters. The van der Waals surface area contributed by atoms with Crippen LogP contribution in [0, 0.1) is 23.7 Å². The van der Waals surface area contributed by atoms with Crippen LogP contribution in [0.25, 0.3) is 21.8 Å². The molecule has 10 heterocycles. The van der Waals surface area contributed by atoms with Gasteiger partial charge >= 0.3 is 23.9 Å². The lowest BCUT2D eigenvalue weighted by Crippen LogP contribution is -2.57. The van der Waals surface area contributed by atoms with Crippen molar-refractivity contribution in [2.45, 2.75) is 151 Å². The lowest BCUT2D eigenvalue weighted by molar-refractivity contribution is -0.219. The summed E-state index contributed by atoms with van der Waals surface area (Å²) in [5.74, 6) is 1.22. The van der Waals surface area contributed by atoms with Gasteiger partial charge in [-0.1, -0.05) is 12.2 Å². The van der Waals surface area contributed by atoms with E-state index in [1.165, 1.54) is 14.2 Å². The van der Waals surface area contributed by atoms with E-state index < -0.39 is 58.5 Å². The van der Waals surface area contributed by atoms with Gasteiger partial charge in [-0.3, -0.25) is 29.4 Å². The van der Waals surface area contributed by atoms with Gasteiger partial charge in [0.05, 0.1) is 75.6 Å². The van der Waals surface area contributed by atoms with Crippen LogP contribution < -0.4 is 9.47 Å². The summed E-state index contributed by atoms with van der Waals surface area (Å²) in [6.45, 7) is 19.6. The van der Waals surface area contributed by atoms with Gasteiger partial charge < -0.3 is 37.9 Å². The minimum Gasteiger partial charge on any atom is -0.497 e. The second-order valence-corrected chi connectivity index (χ2v) is 23.6. The summed E-state index contributed by atoms with van der Waals surface area (Å²) in [5, 5.41) is 1.76. The van der Waals surface area contributed by atoms with Gasteiger partial charge in [-0.25, -0.2) is 9.59 Å². The lowest BCUT2D eigenvalue weighted by Gasteiger charge is -2.51. The Morgan fingerprint density at radius 3 is 1.37 bits per heavy atom. The standard InChI is InChI=1S/2C31H40N2O6/c2*1-6-20-19-33-15-11-21(20)16-26(33)28(23-10-14-32-25-9-8-22(36-4)17-24(23)25)38-29(35)31(18-27(34)37-5)13-7-12-30(2,3)39-31/h2*6,8-10,14,17,20-21,26,28H,1,7,11-13,15-16,18-19H2,2-5H3/t20-,21-,26-,28+,31?;20-,21-,26-,28+,31+/m00/s1. The van der Waals surface area contributed by atoms with E-state index in [1.54, 1.807) is 26.6 Å². The summed E-state index contributed by atoms with van der Waals surface area (Å²) in [7, 11) is 5.93. The summed E-state index contributed by atoms with van der Waals surface area (Å²) < 4.78 is 46.9. The van der Waals surface area contributed by atoms with Gasteiger partial charge in [-0.05, 0) is 177 Å². The quantitative estimate of drug-likeness (QED) is 0.0588. The van der Waals surface area contributed by atoms with Crippen molar-refractivity contribution in [2.24, 2.45) is 23.7 Å². The van der Waals surface area contributed by atoms with Crippen molar-refractivity contribution in [1.82, 2.24) is 19.8 Å². The number of rotatable bonds is 16. The summed E-state index contributed by atoms with van der Waals surface area (Å²) in [5.41, 5.74) is -0.584. The highest BCUT2D eigenvalue weighted by molar-refractivity contribution is 5.89. The van der Waals surface area contributed by atoms with E-state index >= 15 is 0 Å². The Balaban J connectivity index is 0.000000190. The number of methoxy groups -OCH3 is 4. The van der Waals surface area contributed by atoms with Crippen molar-refractivity contribution in [3.63, 3.8) is 0 Å². The first-order valence-corrected chi connectivity index (χ1v) is 27.9. The maximum absolute atomic E-state index is 14.2. The van der Waals surface area contributed by atoms with Crippen molar-refractivity contribution in [3.8, 4) is 11.5 Å². The van der Waals surface area contributed by atoms with Crippen molar-refractivity contribution in [1.29, 1.82) is 0 Å². The number of aromatic nitrogens is 2. The highest BCUT2D eigenvalue weighted by atomic mass is 16.6. The minimum atomic E-state index is -1.40. The molecule has 0 radical (unpaired) electrons. The molecule has 0 saturated carbocycles. The highest BCUT2D eigenvalue weighted by Gasteiger charge is 2.54. The van der Waals surface area contributed by atoms with Crippen molar-refractivity contribution in [3.05, 3.63) is 97.4 Å². The minimum absolute atomic E-state index is 0.0209. The van der Waals surface area contributed by atoms with Crippen LogP contribution in [-0.4, -0.2) is 133 Å². The predicted octanol–water partition coefficient (Wildman–Crippen LogP) is 10.0. The second kappa shape index (κ2) is 23.4. The van der Waals surface area contributed by atoms with Crippen LogP contribution in [0.3, 0.4) is 0 Å². The number of pyridine rings is 2. The molecule has 8 aliphatic heterocycles. The zero-order valence-corrected chi connectivity index (χ0v) is 47.0. The molecular formula is C62H80N4O12. The first-order chi connectivity index (χ1) is 37.4. The average molecular weight is 1070 g/mol. The van der Waals surface area contributed by atoms with Crippen LogP contribution in [0.5, 0.6) is 11.5 Å². The van der Waals surface area contributed by atoms with Gasteiger partial charge in [-0.2, -0.15) is 0 Å². The smallest absolute Gasteiger partial charge is 0.339 e. The molecule has 78 heavy (non-hydrogen) atoms. The predicted molar refractivity (Wildman–Crippen MR) is 295 cm³/mol. The van der Waals surface area contributed by atoms with Crippen LogP contribution >= 0.6 is 0 Å². The number of ether oxygens (including phenoxy) is 8. The molecule has 0 amide bonds. The number of carbonyl (C=O) groups is 4. The molecule has 4 aromatic rings. The van der Waals surface area contributed by atoms with Crippen LogP contribution in [0.4, 0.5) is 0 Å². The largest absolute Gasteiger partial charge is 0.497 e. The molecule has 8 saturated heterocycles. The Labute approximate surface area is 459 Å². The summed E-state index contributed by atoms with van der Waals surface area (Å²) in [4.78, 5) is 67.5. The Bertz CT molecular complexity index is 2680. The molecule has 16 nitrogen and oxygen atoms in total. The Kier molecular flexibility index (Phi) is 17.0. The Morgan fingerprint density at radius 2 is 1.04 bits per heavy atom. The molecule has 12 atom stereocenters. The number of nitrogens with zero attached hydrogens (tertiary/aromatic N) is 4. The van der Waals surface area contributed by atoms with Crippen LogP contribution in [0.1, 0.15) is 128 Å². The number of esters is 4. The molecule has 8 aliphatic rings. The average Bonchev–Trinajstić information content (AvgIpc) is 3.46. The van der Waals surface area contributed by atoms with Gasteiger partial charge in [0.1, 0.15) is 23.7 Å². The van der Waals surface area contributed by atoms with E-state index in [0.29, 0.717) is 48.0 Å². The third-order valence-electron chi connectivity index (χ3n) is 17.8. The summed E-state index contributed by atoms with van der Waals surface area (Å²) in [6, 6.07) is 15.3. The first-order valence-electron chi connectivity index (χ1n) is 27.9. The topological polar surface area (TPSA) is 174 Å². The molecule has 420 valence electrons. The van der Waals surface area contributed by atoms with Gasteiger partial charge in [0.2, 0.25) is 0 Å². The maximum Gasteiger partial charge on any atom is 0.339 e. The number of hydrogen-bond acceptors (Lipinski definition) is 16. The van der Waals surface area contributed by atoms with Gasteiger partial charge in [-0.15, -0.1) is 13.2 Å². The third-order valence-corrected chi connectivity index (χ3v) is 17.8. The van der Waals surface area contributed by atoms with E-state index in [-0.39, 0.29) is 24.9 Å². The molecule has 2 aromatic heterocycles. The molecule has 16 heteroatoms. The fourth-order valence-corrected chi connectivity index (χ4v) is 13.7. The Morgan fingerprint density at radius 1 is 0.628 bits per heavy atom. The van der Waals surface area contributed by atoms with Crippen LogP contribution in [-0.2, 0) is 47.6 Å². The zero-order chi connectivity index (χ0) is 55.6. The fourth-order valence-electron chi connectivity index (χ4n) is 13.7. The number of fused-ring (bicyclic) bond motifs is 8. The third kappa shape index (κ3) is 11.8. The van der Waals surface area contributed by atoms with Gasteiger partial charge in [0.25, 0.3) is 0 Å². The summed E-state index contributed by atoms with van der Waals surface area (Å²) in [6.07, 6.45) is 14.0. The normalized spacial score (nSPS) is 30.4. The maximum atomic E-state index is 14.2. The van der Waals surface area contributed by atoms with Crippen molar-refractivity contribution in [2.75, 3.05) is 54.6 Å². The van der Waals surface area contributed by atoms with E-state index in [1.807, 2.05) is 76.2 Å². The zero-order valence-electron chi connectivity index (χ0n) is 47.0. The number of carbonyl (C=O) groups excluding carboxylic acids is 4. The molecule has 8 fully saturated rings. The van der Waals surface area contributed by atoms with E-state index in [9.17, 15) is 19.2 Å². The lowest BCUT2D eigenvalue weighted by atomic mass is 9.73. The fraction of sp³-hybridized carbons (Fsp3) is 0.581. The second-order valence-electron chi connectivity index (χ2n) is 23.6. The van der Waals surface area contributed by atoms with E-state index in [0.717, 1.165) is 110 Å². The molecule has 4 bridgehead atoms. The van der Waals surface area contributed by atoms with Crippen molar-refractivity contribution < 1.29 is 57.1 Å². The molecule has 0 N–H and O–H groups in total. The SMILES string of the molecule is C=C[C@H]1CN2CC[C@H]1C[C@H]2[C@H](OC(=O)C1(CC(=O)OC)CCCC(C)(C)O1)c1ccnc2ccc(OC)cc12.C=C[C@H]1CN2CC[C@H]1C[C@H]2[C@H](OC(=O)[C@]1(CC(=O)OC)CCCC(C)(C)O1)c1ccnc2ccc(OC)cc12. The van der Waals surface area contributed by atoms with Gasteiger partial charge in [0.15, 0.2) is 11.2 Å². The molecular weight excluding hydrogens is 993 g/mol. The molecule has 0 aliphatic carbocycles. The first kappa shape index (κ1) is 56.8. The highest BCUT2D eigenvalue weighted by Crippen LogP contribution is 2.48. The number of hydrogen-bond donors (Lipinski definition) is 0. The summed E-state index contributed by atoms with van der Waals surface area (Å²) >= 11 is 0. The Hall–Kier alpha value is -5.94. The number of benzene rings is 2. The molecule has 0 spiro atoms. The van der Waals surface area contributed by atoms with Crippen LogP contribution in [0.2, 0.25) is 0 Å².